The molecule has 7 nitrogen and oxygen atoms in total. The predicted molar refractivity (Wildman–Crippen MR) is 78.8 cm³/mol. The van der Waals surface area contributed by atoms with Gasteiger partial charge in [0.1, 0.15) is 16.7 Å². The molecule has 0 spiro atoms. The van der Waals surface area contributed by atoms with E-state index in [1.165, 1.54) is 11.3 Å². The molecule has 1 atom stereocenters. The highest BCUT2D eigenvalue weighted by Crippen LogP contribution is 2.29. The van der Waals surface area contributed by atoms with Gasteiger partial charge in [-0.05, 0) is 19.8 Å². The average molecular weight is 297 g/mol. The van der Waals surface area contributed by atoms with Gasteiger partial charge in [-0.2, -0.15) is 0 Å². The van der Waals surface area contributed by atoms with E-state index in [4.69, 9.17) is 5.73 Å². The number of carbonyl (C=O) groups excluding carboxylic acids is 2. The Morgan fingerprint density at radius 2 is 2.30 bits per heavy atom. The molecule has 2 rings (SSSR count). The maximum atomic E-state index is 12.5. The monoisotopic (exact) mass is 297 g/mol. The van der Waals surface area contributed by atoms with Crippen LogP contribution in [0, 0.1) is 0 Å². The quantitative estimate of drug-likeness (QED) is 0.752. The second-order valence-electron chi connectivity index (χ2n) is 4.53. The number of hydrogen-bond donors (Lipinski definition) is 3. The first-order valence-electron chi connectivity index (χ1n) is 6.61. The van der Waals surface area contributed by atoms with Gasteiger partial charge in [0.15, 0.2) is 5.13 Å². The summed E-state index contributed by atoms with van der Waals surface area (Å²) in [5.41, 5.74) is 5.81. The first-order valence-corrected chi connectivity index (χ1v) is 7.42. The van der Waals surface area contributed by atoms with Gasteiger partial charge in [0, 0.05) is 20.1 Å². The van der Waals surface area contributed by atoms with Crippen LogP contribution >= 0.6 is 11.3 Å². The maximum Gasteiger partial charge on any atom is 0.268 e. The van der Waals surface area contributed by atoms with E-state index in [0.717, 1.165) is 6.42 Å². The van der Waals surface area contributed by atoms with Crippen LogP contribution in [0.5, 0.6) is 0 Å². The Bertz CT molecular complexity index is 516. The number of thiazole rings is 1. The molecule has 1 unspecified atom stereocenters. The molecule has 0 saturated carbocycles. The zero-order valence-corrected chi connectivity index (χ0v) is 12.4. The van der Waals surface area contributed by atoms with Crippen molar-refractivity contribution in [2.45, 2.75) is 25.8 Å². The minimum absolute atomic E-state index is 0.133. The number of likely N-dealkylation sites (N-methyl/N-ethyl adjacent to an activating group) is 1. The molecule has 1 aromatic rings. The Hall–Kier alpha value is -1.83. The van der Waals surface area contributed by atoms with E-state index in [-0.39, 0.29) is 17.6 Å². The summed E-state index contributed by atoms with van der Waals surface area (Å²) >= 11 is 1.23. The third-order valence-electron chi connectivity index (χ3n) is 3.24. The van der Waals surface area contributed by atoms with Crippen LogP contribution in [0.2, 0.25) is 0 Å². The topological polar surface area (TPSA) is 100 Å². The van der Waals surface area contributed by atoms with Crippen LogP contribution < -0.4 is 16.4 Å². The molecule has 1 saturated heterocycles. The third-order valence-corrected chi connectivity index (χ3v) is 4.26. The van der Waals surface area contributed by atoms with Gasteiger partial charge in [-0.3, -0.25) is 9.59 Å². The molecule has 0 radical (unpaired) electrons. The summed E-state index contributed by atoms with van der Waals surface area (Å²) < 4.78 is 0. The molecule has 1 aromatic heterocycles. The Labute approximate surface area is 121 Å². The van der Waals surface area contributed by atoms with Gasteiger partial charge in [-0.15, -0.1) is 0 Å². The Morgan fingerprint density at radius 3 is 2.95 bits per heavy atom. The van der Waals surface area contributed by atoms with E-state index in [9.17, 15) is 9.59 Å². The first-order chi connectivity index (χ1) is 9.58. The van der Waals surface area contributed by atoms with Crippen molar-refractivity contribution >= 4 is 34.1 Å². The molecule has 110 valence electrons. The fourth-order valence-electron chi connectivity index (χ4n) is 2.29. The molecule has 4 N–H and O–H groups in total. The van der Waals surface area contributed by atoms with E-state index in [1.54, 1.807) is 11.9 Å². The first kappa shape index (κ1) is 14.6. The number of aromatic nitrogens is 1. The number of likely N-dealkylation sites (tertiary alicyclic amines) is 1. The van der Waals surface area contributed by atoms with Crippen LogP contribution in [0.3, 0.4) is 0 Å². The molecule has 2 heterocycles. The molecule has 1 fully saturated rings. The zero-order valence-electron chi connectivity index (χ0n) is 11.6. The standard InChI is InChI=1S/C12H19N5O2S/c1-3-15-12-16-9(13)8(20-12)11(19)17-6-4-5-7(17)10(18)14-2/h7H,3-6,13H2,1-2H3,(H,14,18)(H,15,16). The number of nitrogens with two attached hydrogens (primary N) is 1. The van der Waals surface area contributed by atoms with Crippen LogP contribution in [0.25, 0.3) is 0 Å². The second kappa shape index (κ2) is 6.08. The van der Waals surface area contributed by atoms with Crippen LogP contribution in [0.4, 0.5) is 10.9 Å². The summed E-state index contributed by atoms with van der Waals surface area (Å²) in [6, 6.07) is -0.406. The molecule has 8 heteroatoms. The van der Waals surface area contributed by atoms with Crippen LogP contribution in [0.15, 0.2) is 0 Å². The van der Waals surface area contributed by atoms with Crippen LogP contribution in [-0.4, -0.2) is 47.9 Å². The highest BCUT2D eigenvalue weighted by molar-refractivity contribution is 7.18. The van der Waals surface area contributed by atoms with Crippen LogP contribution in [-0.2, 0) is 4.79 Å². The van der Waals surface area contributed by atoms with Gasteiger partial charge in [0.05, 0.1) is 0 Å². The summed E-state index contributed by atoms with van der Waals surface area (Å²) in [6.07, 6.45) is 1.51. The third kappa shape index (κ3) is 2.69. The summed E-state index contributed by atoms with van der Waals surface area (Å²) in [5.74, 6) is -0.125. The lowest BCUT2D eigenvalue weighted by Crippen LogP contribution is -2.44. The number of nitrogens with zero attached hydrogens (tertiary/aromatic N) is 2. The highest BCUT2D eigenvalue weighted by Gasteiger charge is 2.35. The van der Waals surface area contributed by atoms with Crippen molar-refractivity contribution in [3.8, 4) is 0 Å². The van der Waals surface area contributed by atoms with Gasteiger partial charge >= 0.3 is 0 Å². The molecule has 2 amide bonds. The largest absolute Gasteiger partial charge is 0.382 e. The summed E-state index contributed by atoms with van der Waals surface area (Å²) in [7, 11) is 1.58. The Kier molecular flexibility index (Phi) is 4.43. The zero-order chi connectivity index (χ0) is 14.7. The lowest BCUT2D eigenvalue weighted by molar-refractivity contribution is -0.124. The number of anilines is 2. The molecule has 0 bridgehead atoms. The number of amides is 2. The normalized spacial score (nSPS) is 18.1. The lowest BCUT2D eigenvalue weighted by atomic mass is 10.2. The van der Waals surface area contributed by atoms with Gasteiger partial charge < -0.3 is 21.3 Å². The fraction of sp³-hybridized carbons (Fsp3) is 0.583. The predicted octanol–water partition coefficient (Wildman–Crippen LogP) is 0.508. The Morgan fingerprint density at radius 1 is 1.55 bits per heavy atom. The number of hydrogen-bond acceptors (Lipinski definition) is 6. The molecule has 1 aliphatic heterocycles. The van der Waals surface area contributed by atoms with E-state index < -0.39 is 6.04 Å². The Balaban J connectivity index is 2.20. The summed E-state index contributed by atoms with van der Waals surface area (Å²) in [5, 5.41) is 6.26. The van der Waals surface area contributed by atoms with Gasteiger partial charge in [-0.25, -0.2) is 4.98 Å². The van der Waals surface area contributed by atoms with E-state index >= 15 is 0 Å². The van der Waals surface area contributed by atoms with Gasteiger partial charge in [0.25, 0.3) is 5.91 Å². The SMILES string of the molecule is CCNc1nc(N)c(C(=O)N2CCCC2C(=O)NC)s1. The molecular weight excluding hydrogens is 278 g/mol. The second-order valence-corrected chi connectivity index (χ2v) is 5.53. The smallest absolute Gasteiger partial charge is 0.268 e. The van der Waals surface area contributed by atoms with Crippen LogP contribution in [0.1, 0.15) is 29.4 Å². The summed E-state index contributed by atoms with van der Waals surface area (Å²) in [4.78, 5) is 30.4. The maximum absolute atomic E-state index is 12.5. The van der Waals surface area contributed by atoms with Crippen molar-refractivity contribution in [3.05, 3.63) is 4.88 Å². The molecular formula is C12H19N5O2S. The van der Waals surface area contributed by atoms with E-state index in [2.05, 4.69) is 15.6 Å². The minimum atomic E-state index is -0.406. The van der Waals surface area contributed by atoms with Crippen molar-refractivity contribution in [3.63, 3.8) is 0 Å². The molecule has 0 aromatic carbocycles. The van der Waals surface area contributed by atoms with Crippen molar-refractivity contribution in [2.75, 3.05) is 31.2 Å². The van der Waals surface area contributed by atoms with Crippen molar-refractivity contribution in [1.82, 2.24) is 15.2 Å². The lowest BCUT2D eigenvalue weighted by Gasteiger charge is -2.22. The van der Waals surface area contributed by atoms with E-state index in [1.807, 2.05) is 6.92 Å². The molecule has 20 heavy (non-hydrogen) atoms. The summed E-state index contributed by atoms with van der Waals surface area (Å²) in [6.45, 7) is 3.23. The van der Waals surface area contributed by atoms with Gasteiger partial charge in [0.2, 0.25) is 5.91 Å². The minimum Gasteiger partial charge on any atom is -0.382 e. The van der Waals surface area contributed by atoms with Crippen molar-refractivity contribution in [1.29, 1.82) is 0 Å². The number of nitrogens with one attached hydrogen (secondary N) is 2. The number of rotatable bonds is 4. The average Bonchev–Trinajstić information content (AvgIpc) is 3.04. The molecule has 0 aliphatic carbocycles. The fourth-order valence-corrected chi connectivity index (χ4v) is 3.20. The molecule has 1 aliphatic rings. The highest BCUT2D eigenvalue weighted by atomic mass is 32.1. The number of nitrogen functional groups attached to an aromatic ring is 1. The number of carbonyl (C=O) groups is 2. The van der Waals surface area contributed by atoms with Gasteiger partial charge in [-0.1, -0.05) is 11.3 Å². The van der Waals surface area contributed by atoms with Crippen molar-refractivity contribution < 1.29 is 9.59 Å². The van der Waals surface area contributed by atoms with E-state index in [0.29, 0.717) is 29.5 Å². The van der Waals surface area contributed by atoms with Crippen molar-refractivity contribution in [2.24, 2.45) is 0 Å².